The van der Waals surface area contributed by atoms with Crippen molar-refractivity contribution in [2.45, 2.75) is 37.0 Å². The molecule has 1 aliphatic carbocycles. The van der Waals surface area contributed by atoms with Crippen LogP contribution >= 0.6 is 23.1 Å². The lowest BCUT2D eigenvalue weighted by Crippen LogP contribution is -2.31. The number of hydrogen-bond acceptors (Lipinski definition) is 6. The zero-order valence-electron chi connectivity index (χ0n) is 19.0. The standard InChI is InChI=1S/C26H26N4O2S2/c1-32-22-13-11-21(12-14-22)29(17-23-8-5-15-33-23)24(31)18-34-26-28-27-25(20-9-10-20)30(26)16-19-6-3-2-4-7-19/h2-8,11-15,20H,9-10,16-18H2,1H3. The van der Waals surface area contributed by atoms with Crippen LogP contribution in [-0.2, 0) is 17.9 Å². The third-order valence-electron chi connectivity index (χ3n) is 5.78. The maximum Gasteiger partial charge on any atom is 0.237 e. The monoisotopic (exact) mass is 490 g/mol. The maximum absolute atomic E-state index is 13.4. The number of aromatic nitrogens is 3. The minimum absolute atomic E-state index is 0.0331. The van der Waals surface area contributed by atoms with Crippen molar-refractivity contribution in [3.05, 3.63) is 88.4 Å². The summed E-state index contributed by atoms with van der Waals surface area (Å²) in [4.78, 5) is 16.4. The van der Waals surface area contributed by atoms with Crippen LogP contribution in [-0.4, -0.2) is 33.5 Å². The van der Waals surface area contributed by atoms with E-state index in [0.29, 0.717) is 19.0 Å². The molecule has 0 radical (unpaired) electrons. The SMILES string of the molecule is COc1ccc(N(Cc2cccs2)C(=O)CSc2nnc(C3CC3)n2Cc2ccccc2)cc1. The number of rotatable bonds is 10. The van der Waals surface area contributed by atoms with E-state index in [4.69, 9.17) is 4.74 Å². The molecule has 0 atom stereocenters. The predicted molar refractivity (Wildman–Crippen MR) is 137 cm³/mol. The smallest absolute Gasteiger partial charge is 0.237 e. The fourth-order valence-electron chi connectivity index (χ4n) is 3.81. The molecule has 0 N–H and O–H groups in total. The van der Waals surface area contributed by atoms with Crippen molar-refractivity contribution in [3.8, 4) is 5.75 Å². The van der Waals surface area contributed by atoms with E-state index in [9.17, 15) is 4.79 Å². The Balaban J connectivity index is 1.34. The van der Waals surface area contributed by atoms with Crippen molar-refractivity contribution in [1.82, 2.24) is 14.8 Å². The molecule has 2 aromatic carbocycles. The number of ether oxygens (including phenoxy) is 1. The summed E-state index contributed by atoms with van der Waals surface area (Å²) in [5.41, 5.74) is 2.05. The quantitative estimate of drug-likeness (QED) is 0.271. The number of benzene rings is 2. The summed E-state index contributed by atoms with van der Waals surface area (Å²) in [6.07, 6.45) is 2.31. The Kier molecular flexibility index (Phi) is 6.97. The van der Waals surface area contributed by atoms with Crippen molar-refractivity contribution >= 4 is 34.7 Å². The predicted octanol–water partition coefficient (Wildman–Crippen LogP) is 5.60. The number of anilines is 1. The van der Waals surface area contributed by atoms with Gasteiger partial charge in [-0.2, -0.15) is 0 Å². The molecular weight excluding hydrogens is 464 g/mol. The molecule has 174 valence electrons. The molecule has 1 fully saturated rings. The molecule has 0 spiro atoms. The van der Waals surface area contributed by atoms with Gasteiger partial charge in [-0.3, -0.25) is 4.79 Å². The summed E-state index contributed by atoms with van der Waals surface area (Å²) in [6.45, 7) is 1.25. The Bertz CT molecular complexity index is 1220. The molecule has 1 aliphatic rings. The molecule has 0 aliphatic heterocycles. The molecule has 0 saturated heterocycles. The van der Waals surface area contributed by atoms with Gasteiger partial charge in [0.15, 0.2) is 5.16 Å². The van der Waals surface area contributed by atoms with Gasteiger partial charge in [0.1, 0.15) is 11.6 Å². The molecule has 2 aromatic heterocycles. The van der Waals surface area contributed by atoms with Crippen molar-refractivity contribution in [2.75, 3.05) is 17.8 Å². The largest absolute Gasteiger partial charge is 0.497 e. The lowest BCUT2D eigenvalue weighted by atomic mass is 10.2. The lowest BCUT2D eigenvalue weighted by Gasteiger charge is -2.22. The van der Waals surface area contributed by atoms with Crippen LogP contribution in [0.3, 0.4) is 0 Å². The second-order valence-electron chi connectivity index (χ2n) is 8.23. The van der Waals surface area contributed by atoms with Gasteiger partial charge in [-0.25, -0.2) is 0 Å². The number of carbonyl (C=O) groups is 1. The van der Waals surface area contributed by atoms with Gasteiger partial charge in [0.05, 0.1) is 26.0 Å². The van der Waals surface area contributed by atoms with Gasteiger partial charge < -0.3 is 14.2 Å². The van der Waals surface area contributed by atoms with Crippen LogP contribution in [0.15, 0.2) is 77.3 Å². The van der Waals surface area contributed by atoms with Crippen LogP contribution in [0.1, 0.15) is 35.0 Å². The number of nitrogens with zero attached hydrogens (tertiary/aromatic N) is 4. The van der Waals surface area contributed by atoms with Gasteiger partial charge in [0.2, 0.25) is 5.91 Å². The maximum atomic E-state index is 13.4. The highest BCUT2D eigenvalue weighted by Crippen LogP contribution is 2.40. The summed E-state index contributed by atoms with van der Waals surface area (Å²) in [7, 11) is 1.64. The third-order valence-corrected chi connectivity index (χ3v) is 7.59. The molecule has 4 aromatic rings. The summed E-state index contributed by atoms with van der Waals surface area (Å²) in [5.74, 6) is 2.60. The summed E-state index contributed by atoms with van der Waals surface area (Å²) < 4.78 is 7.47. The fourth-order valence-corrected chi connectivity index (χ4v) is 5.33. The minimum atomic E-state index is 0.0331. The van der Waals surface area contributed by atoms with Gasteiger partial charge in [-0.05, 0) is 54.1 Å². The minimum Gasteiger partial charge on any atom is -0.497 e. The van der Waals surface area contributed by atoms with E-state index in [1.54, 1.807) is 18.4 Å². The normalized spacial score (nSPS) is 13.1. The van der Waals surface area contributed by atoms with E-state index in [-0.39, 0.29) is 11.7 Å². The Morgan fingerprint density at radius 2 is 1.88 bits per heavy atom. The summed E-state index contributed by atoms with van der Waals surface area (Å²) >= 11 is 3.11. The highest BCUT2D eigenvalue weighted by atomic mass is 32.2. The van der Waals surface area contributed by atoms with E-state index in [1.165, 1.54) is 17.3 Å². The first kappa shape index (κ1) is 22.7. The first-order chi connectivity index (χ1) is 16.7. The average Bonchev–Trinajstić information content (AvgIpc) is 3.44. The van der Waals surface area contributed by atoms with Crippen LogP contribution in [0.5, 0.6) is 5.75 Å². The van der Waals surface area contributed by atoms with E-state index >= 15 is 0 Å². The highest BCUT2D eigenvalue weighted by molar-refractivity contribution is 7.99. The van der Waals surface area contributed by atoms with Crippen molar-refractivity contribution in [3.63, 3.8) is 0 Å². The van der Waals surface area contributed by atoms with Gasteiger partial charge in [-0.1, -0.05) is 48.2 Å². The number of thioether (sulfide) groups is 1. The molecule has 8 heteroatoms. The molecular formula is C26H26N4O2S2. The topological polar surface area (TPSA) is 60.2 Å². The van der Waals surface area contributed by atoms with E-state index < -0.39 is 0 Å². The van der Waals surface area contributed by atoms with Crippen molar-refractivity contribution in [1.29, 1.82) is 0 Å². The van der Waals surface area contributed by atoms with Crippen LogP contribution in [0.2, 0.25) is 0 Å². The number of methoxy groups -OCH3 is 1. The molecule has 34 heavy (non-hydrogen) atoms. The Morgan fingerprint density at radius 1 is 1.09 bits per heavy atom. The van der Waals surface area contributed by atoms with Gasteiger partial charge in [0.25, 0.3) is 0 Å². The number of carbonyl (C=O) groups excluding carboxylic acids is 1. The highest BCUT2D eigenvalue weighted by Gasteiger charge is 2.31. The van der Waals surface area contributed by atoms with Crippen LogP contribution in [0.4, 0.5) is 5.69 Å². The first-order valence-corrected chi connectivity index (χ1v) is 13.1. The van der Waals surface area contributed by atoms with Gasteiger partial charge in [-0.15, -0.1) is 21.5 Å². The molecule has 2 heterocycles. The molecule has 6 nitrogen and oxygen atoms in total. The van der Waals surface area contributed by atoms with Crippen LogP contribution < -0.4 is 9.64 Å². The molecule has 1 saturated carbocycles. The second-order valence-corrected chi connectivity index (χ2v) is 10.2. The first-order valence-electron chi connectivity index (χ1n) is 11.3. The van der Waals surface area contributed by atoms with Gasteiger partial charge >= 0.3 is 0 Å². The number of amides is 1. The third kappa shape index (κ3) is 5.34. The lowest BCUT2D eigenvalue weighted by molar-refractivity contribution is -0.116. The number of thiophene rings is 1. The number of hydrogen-bond donors (Lipinski definition) is 0. The zero-order valence-corrected chi connectivity index (χ0v) is 20.6. The summed E-state index contributed by atoms with van der Waals surface area (Å²) in [5, 5.41) is 11.8. The van der Waals surface area contributed by atoms with E-state index in [2.05, 4.69) is 33.0 Å². The molecule has 0 unspecified atom stereocenters. The summed E-state index contributed by atoms with van der Waals surface area (Å²) in [6, 6.07) is 22.0. The Hall–Kier alpha value is -3.10. The second kappa shape index (κ2) is 10.4. The molecule has 0 bridgehead atoms. The van der Waals surface area contributed by atoms with Crippen LogP contribution in [0, 0.1) is 0 Å². The average molecular weight is 491 g/mol. The molecule has 5 rings (SSSR count). The fraction of sp³-hybridized carbons (Fsp3) is 0.269. The van der Waals surface area contributed by atoms with Gasteiger partial charge in [0, 0.05) is 16.5 Å². The van der Waals surface area contributed by atoms with Crippen molar-refractivity contribution in [2.24, 2.45) is 0 Å². The Labute approximate surface area is 207 Å². The van der Waals surface area contributed by atoms with Crippen LogP contribution in [0.25, 0.3) is 0 Å². The van der Waals surface area contributed by atoms with E-state index in [1.807, 2.05) is 58.8 Å². The molecule has 1 amide bonds. The Morgan fingerprint density at radius 3 is 2.56 bits per heavy atom. The van der Waals surface area contributed by atoms with Crippen molar-refractivity contribution < 1.29 is 9.53 Å². The van der Waals surface area contributed by atoms with E-state index in [0.717, 1.165) is 40.1 Å². The zero-order chi connectivity index (χ0) is 23.3.